The summed E-state index contributed by atoms with van der Waals surface area (Å²) in [6.45, 7) is 5.30. The first-order chi connectivity index (χ1) is 9.35. The van der Waals surface area contributed by atoms with E-state index in [0.717, 1.165) is 10.6 Å². The number of azide groups is 1. The minimum absolute atomic E-state index is 0.0380. The van der Waals surface area contributed by atoms with E-state index in [4.69, 9.17) is 16.1 Å². The molecule has 7 nitrogen and oxygen atoms in total. The van der Waals surface area contributed by atoms with Gasteiger partial charge in [-0.1, -0.05) is 35.4 Å². The number of carbonyl (C=O) groups is 1. The van der Waals surface area contributed by atoms with E-state index >= 15 is 0 Å². The summed E-state index contributed by atoms with van der Waals surface area (Å²) in [5.74, 6) is 5.82. The van der Waals surface area contributed by atoms with Crippen LogP contribution in [-0.4, -0.2) is 23.2 Å². The maximum Gasteiger partial charge on any atom is 0.425 e. The van der Waals surface area contributed by atoms with Gasteiger partial charge in [0.25, 0.3) is 0 Å². The molecule has 2 N–H and O–H groups in total. The lowest BCUT2D eigenvalue weighted by atomic mass is 10.1. The van der Waals surface area contributed by atoms with Crippen molar-refractivity contribution in [2.24, 2.45) is 11.0 Å². The lowest BCUT2D eigenvalue weighted by molar-refractivity contribution is 0.0161. The van der Waals surface area contributed by atoms with E-state index < -0.39 is 17.7 Å². The molecule has 1 atom stereocenters. The fourth-order valence-electron chi connectivity index (χ4n) is 1.58. The largest absolute Gasteiger partial charge is 0.443 e. The first-order valence-electron chi connectivity index (χ1n) is 6.18. The first kappa shape index (κ1) is 15.8. The van der Waals surface area contributed by atoms with Crippen molar-refractivity contribution in [1.29, 1.82) is 0 Å². The highest BCUT2D eigenvalue weighted by atomic mass is 16.6. The molecule has 108 valence electrons. The van der Waals surface area contributed by atoms with Crippen LogP contribution in [0.15, 0.2) is 35.4 Å². The number of carbonyl (C=O) groups excluding carboxylic acids is 1. The molecule has 0 fully saturated rings. The number of hydrogen-bond acceptors (Lipinski definition) is 4. The molecule has 1 rings (SSSR count). The summed E-state index contributed by atoms with van der Waals surface area (Å²) in [6.07, 6.45) is -0.667. The van der Waals surface area contributed by atoms with Gasteiger partial charge in [0.05, 0.1) is 12.6 Å². The molecule has 0 aromatic heterocycles. The fourth-order valence-corrected chi connectivity index (χ4v) is 1.58. The molecule has 0 heterocycles. The summed E-state index contributed by atoms with van der Waals surface area (Å²) in [5.41, 5.74) is 8.58. The number of amides is 1. The van der Waals surface area contributed by atoms with Gasteiger partial charge in [0.2, 0.25) is 0 Å². The van der Waals surface area contributed by atoms with Crippen LogP contribution in [0.25, 0.3) is 10.4 Å². The Morgan fingerprint density at radius 2 is 2.05 bits per heavy atom. The first-order valence-corrected chi connectivity index (χ1v) is 6.18. The summed E-state index contributed by atoms with van der Waals surface area (Å²) >= 11 is 0. The number of hydrazine groups is 1. The van der Waals surface area contributed by atoms with Crippen LogP contribution in [0.4, 0.5) is 4.79 Å². The van der Waals surface area contributed by atoms with Crippen molar-refractivity contribution in [3.63, 3.8) is 0 Å². The second-order valence-corrected chi connectivity index (χ2v) is 5.23. The van der Waals surface area contributed by atoms with Crippen LogP contribution in [0.2, 0.25) is 0 Å². The molecule has 0 aliphatic rings. The normalized spacial score (nSPS) is 12.2. The van der Waals surface area contributed by atoms with Crippen LogP contribution in [0.1, 0.15) is 32.4 Å². The number of ether oxygens (including phenoxy) is 1. The molecular weight excluding hydrogens is 258 g/mol. The second kappa shape index (κ2) is 6.79. The van der Waals surface area contributed by atoms with E-state index in [1.807, 2.05) is 30.3 Å². The lowest BCUT2D eigenvalue weighted by Crippen LogP contribution is -2.44. The summed E-state index contributed by atoms with van der Waals surface area (Å²) in [7, 11) is 0. The van der Waals surface area contributed by atoms with Gasteiger partial charge in [-0.3, -0.25) is 0 Å². The van der Waals surface area contributed by atoms with Gasteiger partial charge in [0.15, 0.2) is 0 Å². The Kier molecular flexibility index (Phi) is 5.37. The van der Waals surface area contributed by atoms with Gasteiger partial charge in [-0.15, -0.1) is 0 Å². The van der Waals surface area contributed by atoms with Gasteiger partial charge >= 0.3 is 6.09 Å². The van der Waals surface area contributed by atoms with Crippen molar-refractivity contribution < 1.29 is 9.53 Å². The van der Waals surface area contributed by atoms with Crippen LogP contribution in [0, 0.1) is 0 Å². The van der Waals surface area contributed by atoms with Gasteiger partial charge in [-0.2, -0.15) is 0 Å². The topological polar surface area (TPSA) is 104 Å². The molecule has 0 unspecified atom stereocenters. The quantitative estimate of drug-likeness (QED) is 0.228. The SMILES string of the molecule is CC(C)(C)OC(=O)N(N)[C@@H](CN=[N+]=[N-])c1ccccc1. The van der Waals surface area contributed by atoms with Gasteiger partial charge < -0.3 is 4.74 Å². The minimum Gasteiger partial charge on any atom is -0.443 e. The van der Waals surface area contributed by atoms with E-state index in [0.29, 0.717) is 0 Å². The van der Waals surface area contributed by atoms with Crippen LogP contribution in [0.5, 0.6) is 0 Å². The Labute approximate surface area is 117 Å². The van der Waals surface area contributed by atoms with Gasteiger partial charge in [-0.25, -0.2) is 15.6 Å². The molecule has 0 spiro atoms. The molecular formula is C13H19N5O2. The van der Waals surface area contributed by atoms with Gasteiger partial charge in [0, 0.05) is 4.91 Å². The Bertz CT molecular complexity index is 491. The molecule has 0 aliphatic heterocycles. The summed E-state index contributed by atoms with van der Waals surface area (Å²) in [4.78, 5) is 14.7. The van der Waals surface area contributed by atoms with Gasteiger partial charge in [-0.05, 0) is 31.9 Å². The van der Waals surface area contributed by atoms with E-state index in [1.54, 1.807) is 20.8 Å². The van der Waals surface area contributed by atoms with Crippen LogP contribution >= 0.6 is 0 Å². The number of hydrogen-bond donors (Lipinski definition) is 1. The summed E-state index contributed by atoms with van der Waals surface area (Å²) in [6, 6.07) is 8.54. The van der Waals surface area contributed by atoms with Crippen molar-refractivity contribution in [2.45, 2.75) is 32.4 Å². The fraction of sp³-hybridized carbons (Fsp3) is 0.462. The molecule has 1 aromatic carbocycles. The van der Waals surface area contributed by atoms with E-state index in [2.05, 4.69) is 10.0 Å². The highest BCUT2D eigenvalue weighted by Gasteiger charge is 2.26. The summed E-state index contributed by atoms with van der Waals surface area (Å²) in [5, 5.41) is 4.45. The average Bonchev–Trinajstić information content (AvgIpc) is 2.38. The van der Waals surface area contributed by atoms with E-state index in [-0.39, 0.29) is 6.54 Å². The van der Waals surface area contributed by atoms with E-state index in [9.17, 15) is 4.79 Å². The molecule has 0 saturated heterocycles. The number of nitrogens with zero attached hydrogens (tertiary/aromatic N) is 4. The third-order valence-corrected chi connectivity index (χ3v) is 2.44. The van der Waals surface area contributed by atoms with Crippen molar-refractivity contribution in [2.75, 3.05) is 6.54 Å². The molecule has 0 aliphatic carbocycles. The standard InChI is InChI=1S/C13H19N5O2/c1-13(2,3)20-12(19)18(15)11(9-16-17-14)10-7-5-4-6-8-10/h4-8,11H,9,15H2,1-3H3/t11-/m0/s1. The predicted molar refractivity (Wildman–Crippen MR) is 75.5 cm³/mol. The third-order valence-electron chi connectivity index (χ3n) is 2.44. The van der Waals surface area contributed by atoms with Crippen molar-refractivity contribution in [3.8, 4) is 0 Å². The van der Waals surface area contributed by atoms with Crippen molar-refractivity contribution >= 4 is 6.09 Å². The minimum atomic E-state index is -0.667. The monoisotopic (exact) mass is 277 g/mol. The zero-order chi connectivity index (χ0) is 15.2. The average molecular weight is 277 g/mol. The molecule has 0 saturated carbocycles. The molecule has 7 heteroatoms. The molecule has 1 amide bonds. The van der Waals surface area contributed by atoms with Gasteiger partial charge in [0.1, 0.15) is 5.60 Å². The zero-order valence-electron chi connectivity index (χ0n) is 11.9. The van der Waals surface area contributed by atoms with Crippen molar-refractivity contribution in [3.05, 3.63) is 46.3 Å². The zero-order valence-corrected chi connectivity index (χ0v) is 11.9. The van der Waals surface area contributed by atoms with Crippen LogP contribution in [-0.2, 0) is 4.74 Å². The number of nitrogens with two attached hydrogens (primary N) is 1. The van der Waals surface area contributed by atoms with Crippen LogP contribution < -0.4 is 5.84 Å². The van der Waals surface area contributed by atoms with Crippen LogP contribution in [0.3, 0.4) is 0 Å². The lowest BCUT2D eigenvalue weighted by Gasteiger charge is -2.29. The molecule has 1 aromatic rings. The smallest absolute Gasteiger partial charge is 0.425 e. The number of rotatable bonds is 4. The molecule has 20 heavy (non-hydrogen) atoms. The molecule has 0 bridgehead atoms. The van der Waals surface area contributed by atoms with E-state index in [1.165, 1.54) is 0 Å². The number of benzene rings is 1. The highest BCUT2D eigenvalue weighted by molar-refractivity contribution is 5.68. The van der Waals surface area contributed by atoms with Crippen molar-refractivity contribution in [1.82, 2.24) is 5.01 Å². The maximum absolute atomic E-state index is 12.0. The Hall–Kier alpha value is -2.24. The second-order valence-electron chi connectivity index (χ2n) is 5.23. The summed E-state index contributed by atoms with van der Waals surface area (Å²) < 4.78 is 5.21. The maximum atomic E-state index is 12.0. The Morgan fingerprint density at radius 3 is 2.55 bits per heavy atom. The predicted octanol–water partition coefficient (Wildman–Crippen LogP) is 3.15. The third kappa shape index (κ3) is 4.79. The Balaban J connectivity index is 2.93. The Morgan fingerprint density at radius 1 is 1.45 bits per heavy atom. The molecule has 0 radical (unpaired) electrons. The highest BCUT2D eigenvalue weighted by Crippen LogP contribution is 2.20.